The highest BCUT2D eigenvalue weighted by atomic mass is 79.9. The number of benzene rings is 1. The Balaban J connectivity index is 2.43. The van der Waals surface area contributed by atoms with Gasteiger partial charge in [-0.1, -0.05) is 31.9 Å². The van der Waals surface area contributed by atoms with Crippen molar-refractivity contribution in [1.29, 1.82) is 0 Å². The molecule has 0 N–H and O–H groups in total. The van der Waals surface area contributed by atoms with Crippen LogP contribution < -0.4 is 4.74 Å². The second kappa shape index (κ2) is 5.78. The van der Waals surface area contributed by atoms with Gasteiger partial charge in [0.25, 0.3) is 0 Å². The van der Waals surface area contributed by atoms with Crippen LogP contribution in [0, 0.1) is 6.92 Å². The zero-order valence-corrected chi connectivity index (χ0v) is 12.6. The van der Waals surface area contributed by atoms with Gasteiger partial charge in [-0.3, -0.25) is 0 Å². The van der Waals surface area contributed by atoms with E-state index in [4.69, 9.17) is 4.74 Å². The van der Waals surface area contributed by atoms with Crippen molar-refractivity contribution in [3.63, 3.8) is 0 Å². The van der Waals surface area contributed by atoms with E-state index in [1.807, 2.05) is 19.1 Å². The first-order valence-corrected chi connectivity index (χ1v) is 7.23. The molecule has 1 aromatic carbocycles. The third kappa shape index (κ3) is 2.96. The number of alkyl halides is 1. The molecular formula is C12H12Br2N2O. The van der Waals surface area contributed by atoms with Crippen molar-refractivity contribution in [2.24, 2.45) is 0 Å². The van der Waals surface area contributed by atoms with Gasteiger partial charge in [0, 0.05) is 20.9 Å². The van der Waals surface area contributed by atoms with E-state index in [0.29, 0.717) is 6.61 Å². The zero-order valence-electron chi connectivity index (χ0n) is 9.41. The van der Waals surface area contributed by atoms with Gasteiger partial charge in [-0.25, -0.2) is 9.97 Å². The van der Waals surface area contributed by atoms with Crippen LogP contribution in [0.25, 0.3) is 10.9 Å². The minimum absolute atomic E-state index is 0.680. The molecule has 0 amide bonds. The summed E-state index contributed by atoms with van der Waals surface area (Å²) in [7, 11) is 0. The highest BCUT2D eigenvalue weighted by Gasteiger charge is 2.08. The molecule has 0 bridgehead atoms. The van der Waals surface area contributed by atoms with E-state index in [0.717, 1.165) is 38.6 Å². The summed E-state index contributed by atoms with van der Waals surface area (Å²) < 4.78 is 6.73. The van der Waals surface area contributed by atoms with Gasteiger partial charge in [0.15, 0.2) is 0 Å². The number of hydrogen-bond donors (Lipinski definition) is 0. The second-order valence-corrected chi connectivity index (χ2v) is 5.36. The number of fused-ring (bicyclic) bond motifs is 1. The van der Waals surface area contributed by atoms with Crippen molar-refractivity contribution in [3.05, 3.63) is 28.6 Å². The van der Waals surface area contributed by atoms with Crippen LogP contribution >= 0.6 is 31.9 Å². The quantitative estimate of drug-likeness (QED) is 0.614. The Bertz CT molecular complexity index is 531. The molecule has 2 aromatic rings. The van der Waals surface area contributed by atoms with E-state index in [1.165, 1.54) is 0 Å². The number of aromatic nitrogens is 2. The van der Waals surface area contributed by atoms with Crippen molar-refractivity contribution in [3.8, 4) is 5.75 Å². The molecule has 17 heavy (non-hydrogen) atoms. The zero-order chi connectivity index (χ0) is 12.3. The van der Waals surface area contributed by atoms with E-state index in [1.54, 1.807) is 6.33 Å². The van der Waals surface area contributed by atoms with E-state index in [2.05, 4.69) is 41.8 Å². The van der Waals surface area contributed by atoms with Crippen molar-refractivity contribution in [2.75, 3.05) is 11.9 Å². The SMILES string of the molecule is Cc1ncnc2c(OCCCBr)cc(Br)cc12. The fourth-order valence-electron chi connectivity index (χ4n) is 1.57. The van der Waals surface area contributed by atoms with Crippen LogP contribution in [-0.4, -0.2) is 21.9 Å². The van der Waals surface area contributed by atoms with Gasteiger partial charge in [-0.2, -0.15) is 0 Å². The molecule has 2 rings (SSSR count). The number of ether oxygens (including phenoxy) is 1. The predicted octanol–water partition coefficient (Wildman–Crippen LogP) is 3.86. The Morgan fingerprint density at radius 2 is 2.12 bits per heavy atom. The van der Waals surface area contributed by atoms with E-state index < -0.39 is 0 Å². The number of rotatable bonds is 4. The van der Waals surface area contributed by atoms with Gasteiger partial charge in [0.05, 0.1) is 6.61 Å². The lowest BCUT2D eigenvalue weighted by Gasteiger charge is -2.09. The summed E-state index contributed by atoms with van der Waals surface area (Å²) in [4.78, 5) is 8.48. The maximum atomic E-state index is 5.75. The van der Waals surface area contributed by atoms with Crippen LogP contribution in [0.1, 0.15) is 12.1 Å². The topological polar surface area (TPSA) is 35.0 Å². The molecule has 0 unspecified atom stereocenters. The first-order chi connectivity index (χ1) is 8.22. The first kappa shape index (κ1) is 12.8. The highest BCUT2D eigenvalue weighted by molar-refractivity contribution is 9.10. The van der Waals surface area contributed by atoms with Crippen LogP contribution in [0.4, 0.5) is 0 Å². The number of aryl methyl sites for hydroxylation is 1. The summed E-state index contributed by atoms with van der Waals surface area (Å²) in [5.41, 5.74) is 1.83. The summed E-state index contributed by atoms with van der Waals surface area (Å²) in [5.74, 6) is 0.806. The van der Waals surface area contributed by atoms with E-state index in [9.17, 15) is 0 Å². The molecule has 0 spiro atoms. The largest absolute Gasteiger partial charge is 0.491 e. The van der Waals surface area contributed by atoms with Crippen molar-refractivity contribution >= 4 is 42.8 Å². The molecule has 1 aromatic heterocycles. The Morgan fingerprint density at radius 3 is 2.88 bits per heavy atom. The van der Waals surface area contributed by atoms with E-state index in [-0.39, 0.29) is 0 Å². The summed E-state index contributed by atoms with van der Waals surface area (Å²) >= 11 is 6.87. The van der Waals surface area contributed by atoms with Crippen molar-refractivity contribution in [1.82, 2.24) is 9.97 Å². The molecule has 5 heteroatoms. The molecule has 0 aliphatic heterocycles. The molecule has 0 radical (unpaired) electrons. The molecule has 0 saturated carbocycles. The minimum Gasteiger partial charge on any atom is -0.491 e. The Kier molecular flexibility index (Phi) is 4.34. The fraction of sp³-hybridized carbons (Fsp3) is 0.333. The van der Waals surface area contributed by atoms with Gasteiger partial charge in [-0.15, -0.1) is 0 Å². The first-order valence-electron chi connectivity index (χ1n) is 5.32. The molecule has 0 aliphatic carbocycles. The number of halogens is 2. The van der Waals surface area contributed by atoms with Crippen LogP contribution in [0.15, 0.2) is 22.9 Å². The van der Waals surface area contributed by atoms with Gasteiger partial charge < -0.3 is 4.74 Å². The Labute approximate surface area is 117 Å². The Morgan fingerprint density at radius 1 is 1.29 bits per heavy atom. The second-order valence-electron chi connectivity index (χ2n) is 3.65. The molecule has 3 nitrogen and oxygen atoms in total. The smallest absolute Gasteiger partial charge is 0.146 e. The molecule has 90 valence electrons. The highest BCUT2D eigenvalue weighted by Crippen LogP contribution is 2.29. The predicted molar refractivity (Wildman–Crippen MR) is 75.9 cm³/mol. The number of hydrogen-bond acceptors (Lipinski definition) is 3. The van der Waals surface area contributed by atoms with E-state index >= 15 is 0 Å². The lowest BCUT2D eigenvalue weighted by Crippen LogP contribution is -2.00. The summed E-state index contributed by atoms with van der Waals surface area (Å²) in [6.07, 6.45) is 2.54. The van der Waals surface area contributed by atoms with Gasteiger partial charge in [-0.05, 0) is 25.5 Å². The summed E-state index contributed by atoms with van der Waals surface area (Å²) in [6, 6.07) is 3.96. The lowest BCUT2D eigenvalue weighted by molar-refractivity contribution is 0.322. The number of nitrogens with zero attached hydrogens (tertiary/aromatic N) is 2. The molecular weight excluding hydrogens is 348 g/mol. The Hall–Kier alpha value is -0.680. The third-order valence-corrected chi connectivity index (χ3v) is 3.42. The van der Waals surface area contributed by atoms with Crippen LogP contribution in [-0.2, 0) is 0 Å². The van der Waals surface area contributed by atoms with Gasteiger partial charge in [0.2, 0.25) is 0 Å². The normalized spacial score (nSPS) is 10.8. The average molecular weight is 360 g/mol. The van der Waals surface area contributed by atoms with Crippen LogP contribution in [0.2, 0.25) is 0 Å². The van der Waals surface area contributed by atoms with Crippen molar-refractivity contribution < 1.29 is 4.74 Å². The average Bonchev–Trinajstić information content (AvgIpc) is 2.31. The maximum absolute atomic E-state index is 5.75. The van der Waals surface area contributed by atoms with Crippen LogP contribution in [0.5, 0.6) is 5.75 Å². The molecule has 0 atom stereocenters. The van der Waals surface area contributed by atoms with Crippen molar-refractivity contribution in [2.45, 2.75) is 13.3 Å². The molecule has 0 aliphatic rings. The van der Waals surface area contributed by atoms with Gasteiger partial charge in [0.1, 0.15) is 17.6 Å². The molecule has 1 heterocycles. The monoisotopic (exact) mass is 358 g/mol. The maximum Gasteiger partial charge on any atom is 0.146 e. The minimum atomic E-state index is 0.680. The standard InChI is InChI=1S/C12H12Br2N2O/c1-8-10-5-9(14)6-11(17-4-2-3-13)12(10)16-7-15-8/h5-7H,2-4H2,1H3. The molecule has 0 fully saturated rings. The molecule has 0 saturated heterocycles. The van der Waals surface area contributed by atoms with Gasteiger partial charge >= 0.3 is 0 Å². The third-order valence-electron chi connectivity index (χ3n) is 2.40. The lowest BCUT2D eigenvalue weighted by atomic mass is 10.2. The van der Waals surface area contributed by atoms with Crippen LogP contribution in [0.3, 0.4) is 0 Å². The fourth-order valence-corrected chi connectivity index (χ4v) is 2.24. The summed E-state index contributed by atoms with van der Waals surface area (Å²) in [6.45, 7) is 2.65. The summed E-state index contributed by atoms with van der Waals surface area (Å²) in [5, 5.41) is 1.96.